The molecule has 114 valence electrons. The van der Waals surface area contributed by atoms with Crippen LogP contribution in [0.5, 0.6) is 0 Å². The number of nitrogens with one attached hydrogen (secondary N) is 1. The number of thioether (sulfide) groups is 1. The van der Waals surface area contributed by atoms with Gasteiger partial charge in [0.2, 0.25) is 0 Å². The highest BCUT2D eigenvalue weighted by Gasteiger charge is 2.09. The molecule has 2 rings (SSSR count). The molecule has 0 aromatic carbocycles. The number of nitrogens with zero attached hydrogens (tertiary/aromatic N) is 4. The first-order valence-electron chi connectivity index (χ1n) is 6.81. The largest absolute Gasteiger partial charge is 0.352 e. The van der Waals surface area contributed by atoms with Gasteiger partial charge in [0, 0.05) is 24.5 Å². The van der Waals surface area contributed by atoms with Crippen LogP contribution in [0.1, 0.15) is 41.7 Å². The monoisotopic (exact) mass is 325 g/mol. The zero-order valence-corrected chi connectivity index (χ0v) is 14.0. The molecule has 1 amide bonds. The molecule has 21 heavy (non-hydrogen) atoms. The van der Waals surface area contributed by atoms with E-state index in [4.69, 9.17) is 0 Å². The molecule has 0 radical (unpaired) electrons. The third-order valence-corrected chi connectivity index (χ3v) is 4.79. The van der Waals surface area contributed by atoms with Crippen molar-refractivity contribution in [3.8, 4) is 0 Å². The van der Waals surface area contributed by atoms with Gasteiger partial charge in [-0.25, -0.2) is 0 Å². The van der Waals surface area contributed by atoms with Crippen LogP contribution >= 0.6 is 23.1 Å². The van der Waals surface area contributed by atoms with E-state index in [0.29, 0.717) is 12.1 Å². The molecule has 0 aliphatic rings. The normalized spacial score (nSPS) is 11.0. The number of amides is 1. The van der Waals surface area contributed by atoms with Crippen LogP contribution < -0.4 is 5.32 Å². The van der Waals surface area contributed by atoms with Gasteiger partial charge in [-0.15, -0.1) is 10.2 Å². The molecule has 0 unspecified atom stereocenters. The lowest BCUT2D eigenvalue weighted by Crippen LogP contribution is -2.24. The van der Waals surface area contributed by atoms with E-state index in [2.05, 4.69) is 20.6 Å². The number of aryl methyl sites for hydroxylation is 1. The Bertz CT molecular complexity index is 593. The van der Waals surface area contributed by atoms with Gasteiger partial charge >= 0.3 is 0 Å². The van der Waals surface area contributed by atoms with Gasteiger partial charge < -0.3 is 5.32 Å². The zero-order valence-electron chi connectivity index (χ0n) is 12.4. The van der Waals surface area contributed by atoms with Crippen LogP contribution in [0.4, 0.5) is 0 Å². The molecule has 6 nitrogen and oxygen atoms in total. The first-order valence-corrected chi connectivity index (χ1v) is 8.61. The predicted molar refractivity (Wildman–Crippen MR) is 84.9 cm³/mol. The molecule has 0 atom stereocenters. The van der Waals surface area contributed by atoms with E-state index >= 15 is 0 Å². The number of rotatable bonds is 7. The van der Waals surface area contributed by atoms with Crippen LogP contribution in [0.25, 0.3) is 0 Å². The number of aromatic nitrogens is 4. The smallest absolute Gasteiger partial charge is 0.254 e. The van der Waals surface area contributed by atoms with Gasteiger partial charge in [0.15, 0.2) is 4.34 Å². The van der Waals surface area contributed by atoms with Crippen LogP contribution in [0.2, 0.25) is 0 Å². The molecule has 0 saturated carbocycles. The van der Waals surface area contributed by atoms with Gasteiger partial charge in [0.1, 0.15) is 5.01 Å². The Morgan fingerprint density at radius 1 is 1.48 bits per heavy atom. The second-order valence-corrected chi connectivity index (χ2v) is 7.37. The van der Waals surface area contributed by atoms with Crippen molar-refractivity contribution in [2.45, 2.75) is 37.6 Å². The second kappa shape index (κ2) is 7.56. The minimum absolute atomic E-state index is 0.0707. The highest BCUT2D eigenvalue weighted by atomic mass is 32.2. The molecular formula is C13H19N5OS2. The third-order valence-electron chi connectivity index (χ3n) is 2.73. The van der Waals surface area contributed by atoms with Crippen molar-refractivity contribution < 1.29 is 4.79 Å². The van der Waals surface area contributed by atoms with Crippen molar-refractivity contribution in [1.82, 2.24) is 25.3 Å². The maximum atomic E-state index is 11.9. The van der Waals surface area contributed by atoms with E-state index in [0.717, 1.165) is 21.5 Å². The summed E-state index contributed by atoms with van der Waals surface area (Å²) in [5, 5.41) is 16.1. The van der Waals surface area contributed by atoms with Gasteiger partial charge in [-0.05, 0) is 27.2 Å². The van der Waals surface area contributed by atoms with Crippen LogP contribution in [0.3, 0.4) is 0 Å². The van der Waals surface area contributed by atoms with E-state index in [1.54, 1.807) is 40.2 Å². The van der Waals surface area contributed by atoms with Gasteiger partial charge in [-0.2, -0.15) is 5.10 Å². The van der Waals surface area contributed by atoms with Crippen molar-refractivity contribution in [3.63, 3.8) is 0 Å². The quantitative estimate of drug-likeness (QED) is 0.625. The molecule has 0 aliphatic carbocycles. The lowest BCUT2D eigenvalue weighted by molar-refractivity contribution is 0.0953. The van der Waals surface area contributed by atoms with Crippen LogP contribution in [-0.2, 0) is 0 Å². The SMILES string of the molecule is Cc1nnc(SCCCNC(=O)c2cnn(C(C)C)c2)s1. The molecular weight excluding hydrogens is 306 g/mol. The number of carbonyl (C=O) groups is 1. The van der Waals surface area contributed by atoms with E-state index < -0.39 is 0 Å². The fourth-order valence-electron chi connectivity index (χ4n) is 1.61. The summed E-state index contributed by atoms with van der Waals surface area (Å²) >= 11 is 3.27. The summed E-state index contributed by atoms with van der Waals surface area (Å²) in [5.41, 5.74) is 0.608. The molecule has 2 heterocycles. The summed E-state index contributed by atoms with van der Waals surface area (Å²) in [5.74, 6) is 0.846. The number of hydrogen-bond donors (Lipinski definition) is 1. The van der Waals surface area contributed by atoms with Crippen molar-refractivity contribution in [3.05, 3.63) is 23.0 Å². The van der Waals surface area contributed by atoms with Crippen LogP contribution in [0.15, 0.2) is 16.7 Å². The van der Waals surface area contributed by atoms with E-state index in [1.807, 2.05) is 20.8 Å². The minimum Gasteiger partial charge on any atom is -0.352 e. The van der Waals surface area contributed by atoms with Gasteiger partial charge in [0.05, 0.1) is 11.8 Å². The van der Waals surface area contributed by atoms with Crippen molar-refractivity contribution in [1.29, 1.82) is 0 Å². The molecule has 0 bridgehead atoms. The average molecular weight is 325 g/mol. The summed E-state index contributed by atoms with van der Waals surface area (Å²) in [7, 11) is 0. The average Bonchev–Trinajstić information content (AvgIpc) is 3.07. The molecule has 8 heteroatoms. The maximum absolute atomic E-state index is 11.9. The fourth-order valence-corrected chi connectivity index (χ4v) is 3.44. The molecule has 0 aliphatic heterocycles. The second-order valence-electron chi connectivity index (χ2n) is 4.85. The standard InChI is InChI=1S/C13H19N5OS2/c1-9(2)18-8-11(7-15-18)12(19)14-5-4-6-20-13-17-16-10(3)21-13/h7-9H,4-6H2,1-3H3,(H,14,19). The Hall–Kier alpha value is -1.41. The Morgan fingerprint density at radius 3 is 2.90 bits per heavy atom. The van der Waals surface area contributed by atoms with Gasteiger partial charge in [-0.1, -0.05) is 23.1 Å². The summed E-state index contributed by atoms with van der Waals surface area (Å²) < 4.78 is 2.76. The molecule has 0 spiro atoms. The Morgan fingerprint density at radius 2 is 2.29 bits per heavy atom. The zero-order chi connectivity index (χ0) is 15.2. The Labute approximate surface area is 132 Å². The predicted octanol–water partition coefficient (Wildman–Crippen LogP) is 2.54. The summed E-state index contributed by atoms with van der Waals surface area (Å²) in [4.78, 5) is 11.9. The Balaban J connectivity index is 1.67. The van der Waals surface area contributed by atoms with Crippen molar-refractivity contribution in [2.75, 3.05) is 12.3 Å². The Kier molecular flexibility index (Phi) is 5.75. The lowest BCUT2D eigenvalue weighted by Gasteiger charge is -2.04. The summed E-state index contributed by atoms with van der Waals surface area (Å²) in [6, 6.07) is 0.262. The van der Waals surface area contributed by atoms with Gasteiger partial charge in [0.25, 0.3) is 5.91 Å². The number of hydrogen-bond acceptors (Lipinski definition) is 6. The number of carbonyl (C=O) groups excluding carboxylic acids is 1. The highest BCUT2D eigenvalue weighted by molar-refractivity contribution is 8.01. The molecule has 0 fully saturated rings. The van der Waals surface area contributed by atoms with E-state index in [1.165, 1.54) is 0 Å². The highest BCUT2D eigenvalue weighted by Crippen LogP contribution is 2.21. The third kappa shape index (κ3) is 4.82. The van der Waals surface area contributed by atoms with E-state index in [-0.39, 0.29) is 11.9 Å². The molecule has 2 aromatic heterocycles. The molecule has 2 aromatic rings. The first kappa shape index (κ1) is 16.0. The van der Waals surface area contributed by atoms with Crippen LogP contribution in [0, 0.1) is 6.92 Å². The lowest BCUT2D eigenvalue weighted by atomic mass is 10.3. The van der Waals surface area contributed by atoms with E-state index in [9.17, 15) is 4.79 Å². The topological polar surface area (TPSA) is 72.7 Å². The minimum atomic E-state index is -0.0707. The molecule has 0 saturated heterocycles. The summed E-state index contributed by atoms with van der Waals surface area (Å²) in [6.07, 6.45) is 4.28. The fraction of sp³-hybridized carbons (Fsp3) is 0.538. The first-order chi connectivity index (χ1) is 10.1. The van der Waals surface area contributed by atoms with Crippen molar-refractivity contribution >= 4 is 29.0 Å². The molecule has 1 N–H and O–H groups in total. The summed E-state index contributed by atoms with van der Waals surface area (Å²) in [6.45, 7) is 6.65. The van der Waals surface area contributed by atoms with Crippen molar-refractivity contribution in [2.24, 2.45) is 0 Å². The van der Waals surface area contributed by atoms with Gasteiger partial charge in [-0.3, -0.25) is 9.48 Å². The van der Waals surface area contributed by atoms with Crippen LogP contribution in [-0.4, -0.2) is 38.2 Å². The maximum Gasteiger partial charge on any atom is 0.254 e.